The number of fused-ring (bicyclic) bond motifs is 1. The number of nitrogens with one attached hydrogen (secondary N) is 1. The van der Waals surface area contributed by atoms with Gasteiger partial charge in [0.1, 0.15) is 5.82 Å². The monoisotopic (exact) mass is 415 g/mol. The van der Waals surface area contributed by atoms with Crippen LogP contribution < -0.4 is 5.32 Å². The molecule has 0 saturated heterocycles. The molecule has 2 aromatic heterocycles. The van der Waals surface area contributed by atoms with Gasteiger partial charge in [-0.05, 0) is 24.3 Å². The molecule has 1 N–H and O–H groups in total. The van der Waals surface area contributed by atoms with Crippen molar-refractivity contribution in [2.24, 2.45) is 7.05 Å². The largest absolute Gasteiger partial charge is 0.330 e. The molecule has 0 bridgehead atoms. The number of hydrogen-bond acceptors (Lipinski definition) is 6. The summed E-state index contributed by atoms with van der Waals surface area (Å²) in [5.74, 6) is -1.14. The second-order valence-corrected chi connectivity index (χ2v) is 7.55. The third kappa shape index (κ3) is 3.83. The number of imidazole rings is 1. The lowest BCUT2D eigenvalue weighted by Crippen LogP contribution is -2.17. The van der Waals surface area contributed by atoms with Crippen LogP contribution in [0.5, 0.6) is 0 Å². The van der Waals surface area contributed by atoms with Crippen LogP contribution in [0, 0.1) is 11.3 Å². The lowest BCUT2D eigenvalue weighted by atomic mass is 10.0. The van der Waals surface area contributed by atoms with Gasteiger partial charge in [0, 0.05) is 18.0 Å². The minimum absolute atomic E-state index is 0.0147. The van der Waals surface area contributed by atoms with Gasteiger partial charge >= 0.3 is 0 Å². The molecule has 4 rings (SSSR count). The lowest BCUT2D eigenvalue weighted by Gasteiger charge is -2.07. The molecule has 7 nitrogen and oxygen atoms in total. The van der Waals surface area contributed by atoms with E-state index in [0.717, 1.165) is 11.0 Å². The summed E-state index contributed by atoms with van der Waals surface area (Å²) < 4.78 is 1.77. The smallest absolute Gasteiger partial charge is 0.257 e. The number of hydrogen-bond donors (Lipinski definition) is 1. The molecule has 148 valence electrons. The first-order chi connectivity index (χ1) is 14.6. The number of Topliss-reactive ketones (excluding diaryl/α,β-unsaturated/α-hetero) is 1. The number of aromatic nitrogens is 3. The number of nitrogens with zero attached hydrogens (tertiary/aromatic N) is 4. The number of carbonyl (C=O) groups excluding carboxylic acids is 2. The molecule has 1 unspecified atom stereocenters. The Morgan fingerprint density at radius 2 is 1.87 bits per heavy atom. The molecule has 0 fully saturated rings. The molecular formula is C22H17N5O2S. The number of ketones is 1. The van der Waals surface area contributed by atoms with E-state index >= 15 is 0 Å². The van der Waals surface area contributed by atoms with E-state index in [9.17, 15) is 14.9 Å². The van der Waals surface area contributed by atoms with Gasteiger partial charge in [-0.1, -0.05) is 30.3 Å². The fraction of sp³-hybridized carbons (Fsp3) is 0.136. The van der Waals surface area contributed by atoms with Crippen molar-refractivity contribution in [3.63, 3.8) is 0 Å². The number of anilines is 1. The van der Waals surface area contributed by atoms with Gasteiger partial charge in [-0.15, -0.1) is 11.3 Å². The van der Waals surface area contributed by atoms with Crippen LogP contribution in [0.2, 0.25) is 0 Å². The average molecular weight is 415 g/mol. The summed E-state index contributed by atoms with van der Waals surface area (Å²) in [7, 11) is 1.79. The third-order valence-corrected chi connectivity index (χ3v) is 5.50. The maximum absolute atomic E-state index is 12.8. The minimum Gasteiger partial charge on any atom is -0.330 e. The van der Waals surface area contributed by atoms with E-state index in [4.69, 9.17) is 0 Å². The molecule has 0 aliphatic carbocycles. The Kier molecular flexibility index (Phi) is 5.37. The van der Waals surface area contributed by atoms with Crippen LogP contribution in [0.3, 0.4) is 0 Å². The fourth-order valence-electron chi connectivity index (χ4n) is 3.18. The highest BCUT2D eigenvalue weighted by Gasteiger charge is 2.26. The quantitative estimate of drug-likeness (QED) is 0.517. The van der Waals surface area contributed by atoms with Crippen molar-refractivity contribution in [1.82, 2.24) is 14.5 Å². The van der Waals surface area contributed by atoms with Gasteiger partial charge in [0.2, 0.25) is 0 Å². The molecule has 0 aliphatic rings. The number of para-hydroxylation sites is 2. The van der Waals surface area contributed by atoms with Crippen molar-refractivity contribution in [3.8, 4) is 6.07 Å². The van der Waals surface area contributed by atoms with Gasteiger partial charge in [0.25, 0.3) is 5.91 Å². The topological polar surface area (TPSA) is 101 Å². The van der Waals surface area contributed by atoms with Crippen molar-refractivity contribution in [3.05, 3.63) is 77.1 Å². The molecule has 2 heterocycles. The molecule has 1 atom stereocenters. The summed E-state index contributed by atoms with van der Waals surface area (Å²) in [5.41, 5.74) is 2.63. The van der Waals surface area contributed by atoms with E-state index in [0.29, 0.717) is 22.2 Å². The first kappa shape index (κ1) is 19.5. The highest BCUT2D eigenvalue weighted by atomic mass is 32.1. The number of aryl methyl sites for hydroxylation is 1. The molecule has 1 amide bonds. The average Bonchev–Trinajstić information content (AvgIpc) is 3.33. The predicted molar refractivity (Wildman–Crippen MR) is 114 cm³/mol. The second-order valence-electron chi connectivity index (χ2n) is 6.69. The maximum atomic E-state index is 12.8. The number of thiazole rings is 1. The first-order valence-electron chi connectivity index (χ1n) is 9.21. The number of nitriles is 1. The molecule has 30 heavy (non-hydrogen) atoms. The van der Waals surface area contributed by atoms with Gasteiger partial charge in [-0.3, -0.25) is 14.9 Å². The Balaban J connectivity index is 1.48. The van der Waals surface area contributed by atoms with Gasteiger partial charge in [-0.2, -0.15) is 5.26 Å². The molecule has 2 aromatic carbocycles. The summed E-state index contributed by atoms with van der Waals surface area (Å²) in [6, 6.07) is 18.4. The van der Waals surface area contributed by atoms with Crippen LogP contribution >= 0.6 is 11.3 Å². The highest BCUT2D eigenvalue weighted by Crippen LogP contribution is 2.24. The van der Waals surface area contributed by atoms with Crippen LogP contribution in [0.25, 0.3) is 11.0 Å². The van der Waals surface area contributed by atoms with E-state index in [1.807, 2.05) is 30.3 Å². The van der Waals surface area contributed by atoms with Crippen LogP contribution in [-0.4, -0.2) is 26.2 Å². The first-order valence-corrected chi connectivity index (χ1v) is 10.1. The molecule has 0 saturated carbocycles. The van der Waals surface area contributed by atoms with E-state index in [1.165, 1.54) is 11.3 Å². The van der Waals surface area contributed by atoms with E-state index in [2.05, 4.69) is 21.4 Å². The molecule has 8 heteroatoms. The van der Waals surface area contributed by atoms with Gasteiger partial charge in [0.15, 0.2) is 16.8 Å². The normalized spacial score (nSPS) is 11.7. The number of benzene rings is 2. The van der Waals surface area contributed by atoms with E-state index < -0.39 is 5.92 Å². The van der Waals surface area contributed by atoms with Crippen molar-refractivity contribution in [2.45, 2.75) is 12.3 Å². The number of amides is 1. The molecule has 0 radical (unpaired) electrons. The van der Waals surface area contributed by atoms with Crippen molar-refractivity contribution in [2.75, 3.05) is 5.32 Å². The summed E-state index contributed by atoms with van der Waals surface area (Å²) >= 11 is 1.24. The van der Waals surface area contributed by atoms with Gasteiger partial charge in [0.05, 0.1) is 29.2 Å². The van der Waals surface area contributed by atoms with Crippen LogP contribution in [-0.2, 0) is 18.3 Å². The third-order valence-electron chi connectivity index (χ3n) is 4.69. The number of carbonyl (C=O) groups is 2. The zero-order valence-electron chi connectivity index (χ0n) is 16.1. The highest BCUT2D eigenvalue weighted by molar-refractivity contribution is 7.14. The standard InChI is InChI=1S/C22H17N5O2S/c1-27-18-10-6-5-9-17(18)25-20(27)16(12-23)19(28)11-15-13-30-22(24-15)26-21(29)14-7-3-2-4-8-14/h2-10,13,16H,11H2,1H3,(H,24,26,29). The summed E-state index contributed by atoms with van der Waals surface area (Å²) in [6.45, 7) is 0. The van der Waals surface area contributed by atoms with E-state index in [1.54, 1.807) is 41.3 Å². The van der Waals surface area contributed by atoms with Crippen LogP contribution in [0.4, 0.5) is 5.13 Å². The molecule has 0 spiro atoms. The SMILES string of the molecule is Cn1c(C(C#N)C(=O)Cc2csc(NC(=O)c3ccccc3)n2)nc2ccccc21. The Labute approximate surface area is 176 Å². The maximum Gasteiger partial charge on any atom is 0.257 e. The fourth-order valence-corrected chi connectivity index (χ4v) is 3.89. The van der Waals surface area contributed by atoms with Crippen molar-refractivity contribution < 1.29 is 9.59 Å². The Bertz CT molecular complexity index is 1270. The summed E-state index contributed by atoms with van der Waals surface area (Å²) in [6.07, 6.45) is -0.0147. The zero-order valence-corrected chi connectivity index (χ0v) is 16.9. The Morgan fingerprint density at radius 3 is 2.60 bits per heavy atom. The Hall–Kier alpha value is -3.83. The molecule has 4 aromatic rings. The Morgan fingerprint density at radius 1 is 1.13 bits per heavy atom. The lowest BCUT2D eigenvalue weighted by molar-refractivity contribution is -0.118. The minimum atomic E-state index is -0.994. The summed E-state index contributed by atoms with van der Waals surface area (Å²) in [4.78, 5) is 33.9. The molecular weight excluding hydrogens is 398 g/mol. The van der Waals surface area contributed by atoms with Crippen molar-refractivity contribution in [1.29, 1.82) is 5.26 Å². The van der Waals surface area contributed by atoms with Crippen LogP contribution in [0.1, 0.15) is 27.8 Å². The second kappa shape index (κ2) is 8.27. The van der Waals surface area contributed by atoms with Gasteiger partial charge in [-0.25, -0.2) is 9.97 Å². The van der Waals surface area contributed by atoms with Gasteiger partial charge < -0.3 is 4.57 Å². The number of rotatable bonds is 6. The van der Waals surface area contributed by atoms with E-state index in [-0.39, 0.29) is 18.1 Å². The van der Waals surface area contributed by atoms with Crippen molar-refractivity contribution >= 4 is 39.2 Å². The summed E-state index contributed by atoms with van der Waals surface area (Å²) in [5, 5.41) is 14.5. The van der Waals surface area contributed by atoms with Crippen LogP contribution in [0.15, 0.2) is 60.0 Å². The zero-order chi connectivity index (χ0) is 21.1. The molecule has 0 aliphatic heterocycles. The predicted octanol–water partition coefficient (Wildman–Crippen LogP) is 3.70.